The molecular weight excluding hydrogens is 246 g/mol. The predicted molar refractivity (Wildman–Crippen MR) is 72.3 cm³/mol. The summed E-state index contributed by atoms with van der Waals surface area (Å²) < 4.78 is 10.0. The fourth-order valence-electron chi connectivity index (χ4n) is 1.58. The minimum absolute atomic E-state index is 0.283. The highest BCUT2D eigenvalue weighted by atomic mass is 16.5. The number of carbonyl (C=O) groups is 2. The van der Waals surface area contributed by atoms with Crippen LogP contribution in [0.25, 0.3) is 0 Å². The van der Waals surface area contributed by atoms with Crippen molar-refractivity contribution in [1.82, 2.24) is 0 Å². The Morgan fingerprint density at radius 1 is 1.37 bits per heavy atom. The number of esters is 1. The van der Waals surface area contributed by atoms with E-state index >= 15 is 0 Å². The molecule has 104 valence electrons. The Morgan fingerprint density at radius 2 is 2.00 bits per heavy atom. The summed E-state index contributed by atoms with van der Waals surface area (Å²) in [6.07, 6.45) is 0.734. The van der Waals surface area contributed by atoms with Gasteiger partial charge in [0, 0.05) is 11.6 Å². The van der Waals surface area contributed by atoms with Gasteiger partial charge in [-0.15, -0.1) is 0 Å². The topological polar surface area (TPSA) is 64.6 Å². The van der Waals surface area contributed by atoms with Crippen LogP contribution < -0.4 is 10.1 Å². The van der Waals surface area contributed by atoms with Gasteiger partial charge in [0.1, 0.15) is 18.1 Å². The number of carbonyl (C=O) groups excluding carboxylic acids is 2. The van der Waals surface area contributed by atoms with E-state index in [2.05, 4.69) is 5.32 Å². The van der Waals surface area contributed by atoms with Gasteiger partial charge < -0.3 is 19.6 Å². The average Bonchev–Trinajstić information content (AvgIpc) is 2.44. The van der Waals surface area contributed by atoms with Gasteiger partial charge >= 0.3 is 5.97 Å². The van der Waals surface area contributed by atoms with Crippen molar-refractivity contribution in [3.05, 3.63) is 24.3 Å². The lowest BCUT2D eigenvalue weighted by molar-refractivity contribution is -0.146. The number of rotatable bonds is 7. The molecule has 0 fully saturated rings. The number of hydrogen-bond donors (Lipinski definition) is 1. The number of aldehydes is 1. The molecule has 0 unspecified atom stereocenters. The molecule has 0 aliphatic heterocycles. The van der Waals surface area contributed by atoms with Crippen molar-refractivity contribution in [2.75, 3.05) is 19.0 Å². The average molecular weight is 265 g/mol. The summed E-state index contributed by atoms with van der Waals surface area (Å²) in [4.78, 5) is 22.7. The van der Waals surface area contributed by atoms with Crippen molar-refractivity contribution in [2.45, 2.75) is 19.9 Å². The predicted octanol–water partition coefficient (Wildman–Crippen LogP) is 1.87. The normalized spacial score (nSPS) is 13.2. The third kappa shape index (κ3) is 4.28. The van der Waals surface area contributed by atoms with E-state index in [1.807, 2.05) is 0 Å². The lowest BCUT2D eigenvalue weighted by Crippen LogP contribution is -2.37. The molecule has 0 aromatic heterocycles. The van der Waals surface area contributed by atoms with Crippen LogP contribution in [-0.4, -0.2) is 32.0 Å². The maximum atomic E-state index is 11.8. The zero-order valence-corrected chi connectivity index (χ0v) is 11.4. The van der Waals surface area contributed by atoms with Gasteiger partial charge in [-0.25, -0.2) is 4.79 Å². The molecule has 0 spiro atoms. The van der Waals surface area contributed by atoms with E-state index in [-0.39, 0.29) is 6.61 Å². The zero-order chi connectivity index (χ0) is 14.3. The molecule has 1 rings (SSSR count). The molecule has 0 bridgehead atoms. The van der Waals surface area contributed by atoms with E-state index in [4.69, 9.17) is 9.47 Å². The van der Waals surface area contributed by atoms with Crippen LogP contribution in [0, 0.1) is 5.92 Å². The number of ether oxygens (including phenoxy) is 2. The first-order valence-corrected chi connectivity index (χ1v) is 6.14. The SMILES string of the molecule is CCOC(=O)[C@H](Nc1ccc(OC)cc1)[C@H](C)C=O. The maximum absolute atomic E-state index is 11.8. The Labute approximate surface area is 112 Å². The second kappa shape index (κ2) is 7.41. The number of nitrogens with one attached hydrogen (secondary N) is 1. The van der Waals surface area contributed by atoms with Gasteiger partial charge in [0.05, 0.1) is 13.7 Å². The van der Waals surface area contributed by atoms with Gasteiger partial charge in [0.15, 0.2) is 0 Å². The third-order valence-electron chi connectivity index (χ3n) is 2.69. The molecule has 2 atom stereocenters. The molecule has 1 aromatic carbocycles. The number of hydrogen-bond acceptors (Lipinski definition) is 5. The molecular formula is C14H19NO4. The van der Waals surface area contributed by atoms with Crippen molar-refractivity contribution in [1.29, 1.82) is 0 Å². The van der Waals surface area contributed by atoms with Crippen molar-refractivity contribution in [2.24, 2.45) is 5.92 Å². The van der Waals surface area contributed by atoms with Crippen LogP contribution in [0.3, 0.4) is 0 Å². The Kier molecular flexibility index (Phi) is 5.85. The monoisotopic (exact) mass is 265 g/mol. The van der Waals surface area contributed by atoms with Gasteiger partial charge in [-0.05, 0) is 31.2 Å². The lowest BCUT2D eigenvalue weighted by Gasteiger charge is -2.20. The molecule has 0 saturated carbocycles. The van der Waals surface area contributed by atoms with E-state index in [1.165, 1.54) is 0 Å². The van der Waals surface area contributed by atoms with Crippen LogP contribution in [0.4, 0.5) is 5.69 Å². The first-order chi connectivity index (χ1) is 9.12. The zero-order valence-electron chi connectivity index (χ0n) is 11.4. The highest BCUT2D eigenvalue weighted by molar-refractivity contribution is 5.83. The van der Waals surface area contributed by atoms with E-state index < -0.39 is 17.9 Å². The molecule has 1 N–H and O–H groups in total. The van der Waals surface area contributed by atoms with Gasteiger partial charge in [-0.1, -0.05) is 6.92 Å². The number of anilines is 1. The van der Waals surface area contributed by atoms with Gasteiger partial charge in [-0.3, -0.25) is 0 Å². The van der Waals surface area contributed by atoms with Crippen molar-refractivity contribution in [3.8, 4) is 5.75 Å². The second-order valence-electron chi connectivity index (χ2n) is 4.10. The highest BCUT2D eigenvalue weighted by Crippen LogP contribution is 2.18. The summed E-state index contributed by atoms with van der Waals surface area (Å²) in [6, 6.07) is 6.42. The van der Waals surface area contributed by atoms with E-state index in [9.17, 15) is 9.59 Å². The summed E-state index contributed by atoms with van der Waals surface area (Å²) in [5, 5.41) is 3.00. The van der Waals surface area contributed by atoms with Gasteiger partial charge in [0.25, 0.3) is 0 Å². The van der Waals surface area contributed by atoms with Crippen LogP contribution in [0.5, 0.6) is 5.75 Å². The summed E-state index contributed by atoms with van der Waals surface area (Å²) in [6.45, 7) is 3.68. The summed E-state index contributed by atoms with van der Waals surface area (Å²) >= 11 is 0. The third-order valence-corrected chi connectivity index (χ3v) is 2.69. The molecule has 1 aromatic rings. The van der Waals surface area contributed by atoms with Gasteiger partial charge in [-0.2, -0.15) is 0 Å². The highest BCUT2D eigenvalue weighted by Gasteiger charge is 2.25. The standard InChI is InChI=1S/C14H19NO4/c1-4-19-14(17)13(10(2)9-16)15-11-5-7-12(18-3)8-6-11/h5-10,13,15H,4H2,1-3H3/t10-,13-/m1/s1. The Bertz CT molecular complexity index is 416. The quantitative estimate of drug-likeness (QED) is 0.602. The summed E-state index contributed by atoms with van der Waals surface area (Å²) in [5.41, 5.74) is 0.729. The summed E-state index contributed by atoms with van der Waals surface area (Å²) in [5.74, 6) is -0.180. The molecule has 0 radical (unpaired) electrons. The minimum Gasteiger partial charge on any atom is -0.497 e. The molecule has 5 heteroatoms. The fourth-order valence-corrected chi connectivity index (χ4v) is 1.58. The van der Waals surface area contributed by atoms with Crippen LogP contribution >= 0.6 is 0 Å². The number of benzene rings is 1. The largest absolute Gasteiger partial charge is 0.497 e. The molecule has 0 amide bonds. The molecule has 5 nitrogen and oxygen atoms in total. The smallest absolute Gasteiger partial charge is 0.329 e. The van der Waals surface area contributed by atoms with Gasteiger partial charge in [0.2, 0.25) is 0 Å². The van der Waals surface area contributed by atoms with Crippen LogP contribution in [-0.2, 0) is 14.3 Å². The van der Waals surface area contributed by atoms with E-state index in [0.717, 1.165) is 17.7 Å². The van der Waals surface area contributed by atoms with Crippen molar-refractivity contribution in [3.63, 3.8) is 0 Å². The fraction of sp³-hybridized carbons (Fsp3) is 0.429. The second-order valence-corrected chi connectivity index (χ2v) is 4.10. The van der Waals surface area contributed by atoms with Crippen LogP contribution in [0.1, 0.15) is 13.8 Å². The van der Waals surface area contributed by atoms with E-state index in [0.29, 0.717) is 0 Å². The first kappa shape index (κ1) is 15.0. The molecule has 19 heavy (non-hydrogen) atoms. The maximum Gasteiger partial charge on any atom is 0.329 e. The Hall–Kier alpha value is -2.04. The summed E-state index contributed by atoms with van der Waals surface area (Å²) in [7, 11) is 1.58. The molecule has 0 heterocycles. The minimum atomic E-state index is -0.689. The Balaban J connectivity index is 2.80. The number of methoxy groups -OCH3 is 1. The van der Waals surface area contributed by atoms with Crippen molar-refractivity contribution >= 4 is 17.9 Å². The molecule has 0 saturated heterocycles. The van der Waals surface area contributed by atoms with Crippen molar-refractivity contribution < 1.29 is 19.1 Å². The van der Waals surface area contributed by atoms with Crippen LogP contribution in [0.15, 0.2) is 24.3 Å². The first-order valence-electron chi connectivity index (χ1n) is 6.14. The van der Waals surface area contributed by atoms with Crippen LogP contribution in [0.2, 0.25) is 0 Å². The molecule has 0 aliphatic rings. The molecule has 0 aliphatic carbocycles. The lowest BCUT2D eigenvalue weighted by atomic mass is 10.0. The Morgan fingerprint density at radius 3 is 2.47 bits per heavy atom. The van der Waals surface area contributed by atoms with E-state index in [1.54, 1.807) is 45.2 Å².